The highest BCUT2D eigenvalue weighted by atomic mass is 16.5. The molecule has 0 radical (unpaired) electrons. The molecular formula is C23H30N4O4. The van der Waals surface area contributed by atoms with Gasteiger partial charge in [-0.2, -0.15) is 5.26 Å². The minimum Gasteiger partial charge on any atom is -0.464 e. The number of carbonyl (C=O) groups is 2. The first-order valence-electron chi connectivity index (χ1n) is 11.0. The van der Waals surface area contributed by atoms with Crippen molar-refractivity contribution < 1.29 is 19.1 Å². The second-order valence-corrected chi connectivity index (χ2v) is 9.19. The van der Waals surface area contributed by atoms with Gasteiger partial charge >= 0.3 is 5.97 Å². The Bertz CT molecular complexity index is 948. The van der Waals surface area contributed by atoms with Crippen molar-refractivity contribution in [3.63, 3.8) is 0 Å². The molecule has 1 aromatic rings. The third-order valence-corrected chi connectivity index (χ3v) is 6.35. The Kier molecular flexibility index (Phi) is 5.65. The SMILES string of the molecule is CCOC(=O)[C@@H]1CN(c2nc(C3CC3)c3c(c2C#N)CC(C)(C)OC3)CCN1C(C)=O. The number of aromatic nitrogens is 1. The Morgan fingerprint density at radius 3 is 2.65 bits per heavy atom. The summed E-state index contributed by atoms with van der Waals surface area (Å²) in [5.41, 5.74) is 3.33. The topological polar surface area (TPSA) is 95.8 Å². The molecule has 31 heavy (non-hydrogen) atoms. The summed E-state index contributed by atoms with van der Waals surface area (Å²) >= 11 is 0. The van der Waals surface area contributed by atoms with Crippen LogP contribution in [0.4, 0.5) is 5.82 Å². The van der Waals surface area contributed by atoms with Crippen LogP contribution in [-0.2, 0) is 32.1 Å². The Hall–Kier alpha value is -2.66. The summed E-state index contributed by atoms with van der Waals surface area (Å²) in [6.45, 7) is 9.18. The van der Waals surface area contributed by atoms with Gasteiger partial charge in [-0.25, -0.2) is 9.78 Å². The number of hydrogen-bond donors (Lipinski definition) is 0. The van der Waals surface area contributed by atoms with Gasteiger partial charge in [-0.1, -0.05) is 0 Å². The number of carbonyl (C=O) groups excluding carboxylic acids is 2. The van der Waals surface area contributed by atoms with Crippen molar-refractivity contribution in [2.75, 3.05) is 31.1 Å². The molecule has 0 spiro atoms. The molecular weight excluding hydrogens is 396 g/mol. The van der Waals surface area contributed by atoms with Gasteiger partial charge in [-0.05, 0) is 39.2 Å². The van der Waals surface area contributed by atoms with Crippen LogP contribution in [0.3, 0.4) is 0 Å². The predicted molar refractivity (Wildman–Crippen MR) is 114 cm³/mol. The average Bonchev–Trinajstić information content (AvgIpc) is 3.56. The van der Waals surface area contributed by atoms with E-state index in [-0.39, 0.29) is 24.7 Å². The largest absolute Gasteiger partial charge is 0.464 e. The van der Waals surface area contributed by atoms with Crippen LogP contribution < -0.4 is 4.90 Å². The van der Waals surface area contributed by atoms with Crippen LogP contribution in [-0.4, -0.2) is 59.6 Å². The maximum atomic E-state index is 12.6. The van der Waals surface area contributed by atoms with Gasteiger partial charge in [-0.3, -0.25) is 4.79 Å². The standard InChI is InChI=1S/C23H30N4O4/c1-5-30-22(29)19-12-26(8-9-27(19)14(2)28)21-17(11-24)16-10-23(3,4)31-13-18(16)20(25-21)15-6-7-15/h15,19H,5-10,12-13H2,1-4H3/t19-/m0/s1. The summed E-state index contributed by atoms with van der Waals surface area (Å²) in [6, 6.07) is 1.68. The van der Waals surface area contributed by atoms with Gasteiger partial charge in [0.05, 0.1) is 36.6 Å². The fraction of sp³-hybridized carbons (Fsp3) is 0.652. The van der Waals surface area contributed by atoms with Crippen LogP contribution in [0.1, 0.15) is 68.8 Å². The lowest BCUT2D eigenvalue weighted by atomic mass is 9.87. The molecule has 0 bridgehead atoms. The molecule has 8 heteroatoms. The highest BCUT2D eigenvalue weighted by Crippen LogP contribution is 2.45. The van der Waals surface area contributed by atoms with E-state index in [1.165, 1.54) is 6.92 Å². The third-order valence-electron chi connectivity index (χ3n) is 6.35. The molecule has 1 aliphatic carbocycles. The normalized spacial score (nSPS) is 22.5. The van der Waals surface area contributed by atoms with Crippen molar-refractivity contribution >= 4 is 17.7 Å². The molecule has 2 aliphatic heterocycles. The van der Waals surface area contributed by atoms with E-state index in [9.17, 15) is 14.9 Å². The maximum absolute atomic E-state index is 12.6. The van der Waals surface area contributed by atoms with E-state index in [2.05, 4.69) is 6.07 Å². The van der Waals surface area contributed by atoms with E-state index in [0.29, 0.717) is 43.4 Å². The number of hydrogen-bond acceptors (Lipinski definition) is 7. The number of anilines is 1. The van der Waals surface area contributed by atoms with Crippen LogP contribution >= 0.6 is 0 Å². The third kappa shape index (κ3) is 4.11. The monoisotopic (exact) mass is 426 g/mol. The van der Waals surface area contributed by atoms with Crippen LogP contribution in [0.2, 0.25) is 0 Å². The second kappa shape index (κ2) is 8.12. The van der Waals surface area contributed by atoms with Crippen molar-refractivity contribution in [2.24, 2.45) is 0 Å². The van der Waals surface area contributed by atoms with Gasteiger partial charge in [-0.15, -0.1) is 0 Å². The number of piperazine rings is 1. The zero-order valence-electron chi connectivity index (χ0n) is 18.7. The van der Waals surface area contributed by atoms with E-state index in [4.69, 9.17) is 14.5 Å². The van der Waals surface area contributed by atoms with Gasteiger partial charge in [0, 0.05) is 37.9 Å². The highest BCUT2D eigenvalue weighted by molar-refractivity contribution is 5.84. The minimum absolute atomic E-state index is 0.158. The Labute approximate surface area is 183 Å². The zero-order chi connectivity index (χ0) is 22.3. The molecule has 1 aromatic heterocycles. The lowest BCUT2D eigenvalue weighted by Crippen LogP contribution is -2.58. The second-order valence-electron chi connectivity index (χ2n) is 9.19. The fourth-order valence-electron chi connectivity index (χ4n) is 4.61. The lowest BCUT2D eigenvalue weighted by molar-refractivity contribution is -0.154. The summed E-state index contributed by atoms with van der Waals surface area (Å²) in [4.78, 5) is 33.2. The molecule has 3 heterocycles. The molecule has 0 aromatic carbocycles. The molecule has 166 valence electrons. The Morgan fingerprint density at radius 2 is 2.03 bits per heavy atom. The number of nitrogens with zero attached hydrogens (tertiary/aromatic N) is 4. The van der Waals surface area contributed by atoms with Gasteiger partial charge in [0.15, 0.2) is 0 Å². The number of nitriles is 1. The van der Waals surface area contributed by atoms with E-state index < -0.39 is 12.0 Å². The number of esters is 1. The number of fused-ring (bicyclic) bond motifs is 1. The first-order chi connectivity index (χ1) is 14.8. The van der Waals surface area contributed by atoms with Crippen molar-refractivity contribution in [3.05, 3.63) is 22.4 Å². The van der Waals surface area contributed by atoms with E-state index >= 15 is 0 Å². The number of ether oxygens (including phenoxy) is 2. The predicted octanol–water partition coefficient (Wildman–Crippen LogP) is 2.28. The highest BCUT2D eigenvalue weighted by Gasteiger charge is 2.40. The van der Waals surface area contributed by atoms with E-state index in [1.54, 1.807) is 11.8 Å². The molecule has 4 rings (SSSR count). The smallest absolute Gasteiger partial charge is 0.330 e. The van der Waals surface area contributed by atoms with Crippen LogP contribution in [0.5, 0.6) is 0 Å². The molecule has 0 N–H and O–H groups in total. The summed E-state index contributed by atoms with van der Waals surface area (Å²) in [5.74, 6) is 0.452. The molecule has 1 atom stereocenters. The van der Waals surface area contributed by atoms with E-state index in [0.717, 1.165) is 29.7 Å². The molecule has 0 unspecified atom stereocenters. The summed E-state index contributed by atoms with van der Waals surface area (Å²) in [5, 5.41) is 10.1. The number of amides is 1. The van der Waals surface area contributed by atoms with Crippen molar-refractivity contribution in [1.82, 2.24) is 9.88 Å². The maximum Gasteiger partial charge on any atom is 0.330 e. The van der Waals surface area contributed by atoms with Gasteiger partial charge < -0.3 is 19.3 Å². The molecule has 1 saturated heterocycles. The number of pyridine rings is 1. The van der Waals surface area contributed by atoms with E-state index in [1.807, 2.05) is 18.7 Å². The van der Waals surface area contributed by atoms with Crippen LogP contribution in [0.25, 0.3) is 0 Å². The molecule has 8 nitrogen and oxygen atoms in total. The first-order valence-corrected chi connectivity index (χ1v) is 11.0. The van der Waals surface area contributed by atoms with Crippen LogP contribution in [0.15, 0.2) is 0 Å². The van der Waals surface area contributed by atoms with Crippen LogP contribution in [0, 0.1) is 11.3 Å². The quantitative estimate of drug-likeness (QED) is 0.682. The van der Waals surface area contributed by atoms with Crippen molar-refractivity contribution in [1.29, 1.82) is 5.26 Å². The number of rotatable bonds is 4. The summed E-state index contributed by atoms with van der Waals surface area (Å²) in [6.07, 6.45) is 2.84. The zero-order valence-corrected chi connectivity index (χ0v) is 18.7. The molecule has 2 fully saturated rings. The lowest BCUT2D eigenvalue weighted by Gasteiger charge is -2.41. The summed E-state index contributed by atoms with van der Waals surface area (Å²) in [7, 11) is 0. The molecule has 1 saturated carbocycles. The Morgan fingerprint density at radius 1 is 1.29 bits per heavy atom. The molecule has 1 amide bonds. The van der Waals surface area contributed by atoms with Gasteiger partial charge in [0.1, 0.15) is 17.9 Å². The average molecular weight is 427 g/mol. The molecule has 3 aliphatic rings. The fourth-order valence-corrected chi connectivity index (χ4v) is 4.61. The Balaban J connectivity index is 1.75. The minimum atomic E-state index is -0.709. The summed E-state index contributed by atoms with van der Waals surface area (Å²) < 4.78 is 11.3. The van der Waals surface area contributed by atoms with Crippen molar-refractivity contribution in [2.45, 2.75) is 71.1 Å². The first kappa shape index (κ1) is 21.6. The van der Waals surface area contributed by atoms with Gasteiger partial charge in [0.25, 0.3) is 0 Å². The van der Waals surface area contributed by atoms with Crippen molar-refractivity contribution in [3.8, 4) is 6.07 Å². The van der Waals surface area contributed by atoms with Gasteiger partial charge in [0.2, 0.25) is 5.91 Å².